The second-order valence-electron chi connectivity index (χ2n) is 3.69. The summed E-state index contributed by atoms with van der Waals surface area (Å²) in [6.07, 6.45) is 5.77. The molecule has 0 aromatic carbocycles. The minimum atomic E-state index is -0.338. The largest absolute Gasteiger partial charge is 0.370 e. The molecular weight excluding hydrogens is 270 g/mol. The zero-order valence-corrected chi connectivity index (χ0v) is 10.7. The summed E-state index contributed by atoms with van der Waals surface area (Å²) in [6, 6.07) is 0. The van der Waals surface area contributed by atoms with Crippen LogP contribution in [0.3, 0.4) is 0 Å². The predicted octanol–water partition coefficient (Wildman–Crippen LogP) is 0.388. The van der Waals surface area contributed by atoms with Gasteiger partial charge in [-0.2, -0.15) is 15.0 Å². The van der Waals surface area contributed by atoms with Crippen molar-refractivity contribution in [3.63, 3.8) is 0 Å². The first-order valence-electron chi connectivity index (χ1n) is 5.57. The maximum Gasteiger partial charge on any atom is 0.241 e. The molecule has 0 aliphatic rings. The Bertz CT molecular complexity index is 557. The van der Waals surface area contributed by atoms with Crippen molar-refractivity contribution in [2.45, 2.75) is 12.8 Å². The fraction of sp³-hybridized carbons (Fsp3) is 0.300. The molecule has 19 heavy (non-hydrogen) atoms. The van der Waals surface area contributed by atoms with Gasteiger partial charge in [0.05, 0.1) is 0 Å². The molecule has 1 amide bonds. The number of carbonyl (C=O) groups is 1. The summed E-state index contributed by atoms with van der Waals surface area (Å²) < 4.78 is 1.61. The number of primary amides is 1. The van der Waals surface area contributed by atoms with Crippen LogP contribution in [-0.2, 0) is 4.79 Å². The molecule has 2 rings (SSSR count). The molecule has 0 saturated heterocycles. The lowest BCUT2D eigenvalue weighted by molar-refractivity contribution is -0.118. The molecule has 0 radical (unpaired) electrons. The second-order valence-corrected chi connectivity index (χ2v) is 4.03. The van der Waals surface area contributed by atoms with Crippen LogP contribution in [-0.4, -0.2) is 37.0 Å². The fourth-order valence-electron chi connectivity index (χ4n) is 1.37. The number of nitrogens with two attached hydrogens (primary N) is 1. The number of rotatable bonds is 6. The summed E-state index contributed by atoms with van der Waals surface area (Å²) in [6.45, 7) is 0.520. The highest BCUT2D eigenvalue weighted by atomic mass is 35.5. The van der Waals surface area contributed by atoms with Crippen LogP contribution in [0.15, 0.2) is 18.7 Å². The van der Waals surface area contributed by atoms with Crippen molar-refractivity contribution in [1.82, 2.24) is 24.5 Å². The number of amides is 1. The van der Waals surface area contributed by atoms with E-state index in [2.05, 4.69) is 25.3 Å². The zero-order chi connectivity index (χ0) is 13.7. The van der Waals surface area contributed by atoms with E-state index < -0.39 is 0 Å². The van der Waals surface area contributed by atoms with Crippen molar-refractivity contribution in [2.24, 2.45) is 5.73 Å². The highest BCUT2D eigenvalue weighted by Crippen LogP contribution is 2.09. The van der Waals surface area contributed by atoms with Crippen LogP contribution in [0.4, 0.5) is 5.95 Å². The number of halogens is 1. The second kappa shape index (κ2) is 6.10. The lowest BCUT2D eigenvalue weighted by atomic mass is 10.3. The monoisotopic (exact) mass is 281 g/mol. The van der Waals surface area contributed by atoms with E-state index in [1.54, 1.807) is 23.3 Å². The normalized spacial score (nSPS) is 10.4. The van der Waals surface area contributed by atoms with Crippen LogP contribution in [0.25, 0.3) is 5.95 Å². The minimum absolute atomic E-state index is 0.0797. The molecule has 0 bridgehead atoms. The standard InChI is InChI=1S/C10H12ClN7O/c11-8-15-9(14-3-1-2-7(12)19)17-10(16-8)18-5-4-13-6-18/h4-6H,1-3H2,(H2,12,19)(H,14,15,16,17). The van der Waals surface area contributed by atoms with E-state index in [9.17, 15) is 4.79 Å². The minimum Gasteiger partial charge on any atom is -0.370 e. The maximum absolute atomic E-state index is 10.6. The van der Waals surface area contributed by atoms with Gasteiger partial charge in [-0.25, -0.2) is 4.98 Å². The molecular formula is C10H12ClN7O. The highest BCUT2D eigenvalue weighted by molar-refractivity contribution is 6.28. The quantitative estimate of drug-likeness (QED) is 0.741. The van der Waals surface area contributed by atoms with Crippen LogP contribution in [0.5, 0.6) is 0 Å². The Labute approximate surface area is 114 Å². The van der Waals surface area contributed by atoms with Gasteiger partial charge in [0.2, 0.25) is 23.1 Å². The van der Waals surface area contributed by atoms with Crippen molar-refractivity contribution in [2.75, 3.05) is 11.9 Å². The Morgan fingerprint density at radius 1 is 1.42 bits per heavy atom. The summed E-state index contributed by atoms with van der Waals surface area (Å²) >= 11 is 5.82. The van der Waals surface area contributed by atoms with Crippen LogP contribution in [0.2, 0.25) is 5.28 Å². The van der Waals surface area contributed by atoms with E-state index in [-0.39, 0.29) is 11.2 Å². The highest BCUT2D eigenvalue weighted by Gasteiger charge is 2.06. The number of imidazole rings is 1. The van der Waals surface area contributed by atoms with Gasteiger partial charge < -0.3 is 11.1 Å². The van der Waals surface area contributed by atoms with E-state index in [1.807, 2.05) is 0 Å². The molecule has 2 aromatic rings. The van der Waals surface area contributed by atoms with Crippen molar-refractivity contribution in [3.8, 4) is 5.95 Å². The van der Waals surface area contributed by atoms with Gasteiger partial charge in [0.1, 0.15) is 6.33 Å². The molecule has 0 spiro atoms. The lowest BCUT2D eigenvalue weighted by Gasteiger charge is -2.06. The van der Waals surface area contributed by atoms with Gasteiger partial charge in [-0.3, -0.25) is 9.36 Å². The van der Waals surface area contributed by atoms with E-state index in [0.29, 0.717) is 31.3 Å². The van der Waals surface area contributed by atoms with Gasteiger partial charge in [0, 0.05) is 25.4 Å². The van der Waals surface area contributed by atoms with Crippen LogP contribution in [0, 0.1) is 0 Å². The lowest BCUT2D eigenvalue weighted by Crippen LogP contribution is -2.14. The molecule has 9 heteroatoms. The van der Waals surface area contributed by atoms with Crippen molar-refractivity contribution in [3.05, 3.63) is 24.0 Å². The van der Waals surface area contributed by atoms with E-state index in [0.717, 1.165) is 0 Å². The predicted molar refractivity (Wildman–Crippen MR) is 68.9 cm³/mol. The molecule has 3 N–H and O–H groups in total. The molecule has 2 aromatic heterocycles. The number of hydrogen-bond donors (Lipinski definition) is 2. The SMILES string of the molecule is NC(=O)CCCNc1nc(Cl)nc(-n2ccnc2)n1. The molecule has 0 fully saturated rings. The molecule has 0 unspecified atom stereocenters. The summed E-state index contributed by atoms with van der Waals surface area (Å²) in [5, 5.41) is 3.03. The fourth-order valence-corrected chi connectivity index (χ4v) is 1.53. The van der Waals surface area contributed by atoms with Crippen LogP contribution >= 0.6 is 11.6 Å². The van der Waals surface area contributed by atoms with Crippen molar-refractivity contribution in [1.29, 1.82) is 0 Å². The van der Waals surface area contributed by atoms with E-state index >= 15 is 0 Å². The number of nitrogens with zero attached hydrogens (tertiary/aromatic N) is 5. The Kier molecular flexibility index (Phi) is 4.24. The van der Waals surface area contributed by atoms with Gasteiger partial charge in [0.25, 0.3) is 0 Å². The number of anilines is 1. The third kappa shape index (κ3) is 3.88. The van der Waals surface area contributed by atoms with Gasteiger partial charge in [-0.1, -0.05) is 0 Å². The van der Waals surface area contributed by atoms with Gasteiger partial charge in [0.15, 0.2) is 0 Å². The van der Waals surface area contributed by atoms with Crippen LogP contribution in [0.1, 0.15) is 12.8 Å². The number of carbonyl (C=O) groups excluding carboxylic acids is 1. The van der Waals surface area contributed by atoms with Gasteiger partial charge in [-0.15, -0.1) is 0 Å². The van der Waals surface area contributed by atoms with Crippen LogP contribution < -0.4 is 11.1 Å². The molecule has 8 nitrogen and oxygen atoms in total. The first-order valence-corrected chi connectivity index (χ1v) is 5.95. The van der Waals surface area contributed by atoms with Crippen molar-refractivity contribution >= 4 is 23.5 Å². The topological polar surface area (TPSA) is 112 Å². The Hall–Kier alpha value is -2.22. The zero-order valence-electron chi connectivity index (χ0n) is 9.95. The molecule has 0 aliphatic heterocycles. The summed E-state index contributed by atoms with van der Waals surface area (Å²) in [5.41, 5.74) is 5.04. The van der Waals surface area contributed by atoms with E-state index in [4.69, 9.17) is 17.3 Å². The van der Waals surface area contributed by atoms with Crippen molar-refractivity contribution < 1.29 is 4.79 Å². The molecule has 0 saturated carbocycles. The third-order valence-corrected chi connectivity index (χ3v) is 2.38. The van der Waals surface area contributed by atoms with Gasteiger partial charge in [-0.05, 0) is 18.0 Å². The van der Waals surface area contributed by atoms with Gasteiger partial charge >= 0.3 is 0 Å². The smallest absolute Gasteiger partial charge is 0.241 e. The average molecular weight is 282 g/mol. The average Bonchev–Trinajstić information content (AvgIpc) is 2.87. The Morgan fingerprint density at radius 3 is 2.95 bits per heavy atom. The molecule has 2 heterocycles. The molecule has 0 atom stereocenters. The Balaban J connectivity index is 2.03. The maximum atomic E-state index is 10.6. The Morgan fingerprint density at radius 2 is 2.26 bits per heavy atom. The summed E-state index contributed by atoms with van der Waals surface area (Å²) in [7, 11) is 0. The number of hydrogen-bond acceptors (Lipinski definition) is 6. The number of aromatic nitrogens is 5. The number of nitrogens with one attached hydrogen (secondary N) is 1. The first kappa shape index (κ1) is 13.2. The molecule has 100 valence electrons. The first-order chi connectivity index (χ1) is 9.15. The summed E-state index contributed by atoms with van der Waals surface area (Å²) in [4.78, 5) is 26.6. The molecule has 0 aliphatic carbocycles. The van der Waals surface area contributed by atoms with E-state index in [1.165, 1.54) is 0 Å². The third-order valence-electron chi connectivity index (χ3n) is 2.21. The summed E-state index contributed by atoms with van der Waals surface area (Å²) in [5.74, 6) is 0.373.